The average molecular weight is 449 g/mol. The minimum atomic E-state index is -0.205. The number of halogens is 1. The Morgan fingerprint density at radius 2 is 1.59 bits per heavy atom. The summed E-state index contributed by atoms with van der Waals surface area (Å²) < 4.78 is 19.0. The van der Waals surface area contributed by atoms with Gasteiger partial charge in [-0.25, -0.2) is 4.39 Å². The van der Waals surface area contributed by atoms with Gasteiger partial charge in [0, 0.05) is 65.4 Å². The predicted molar refractivity (Wildman–Crippen MR) is 129 cm³/mol. The monoisotopic (exact) mass is 448 g/mol. The number of ether oxygens (including phenoxy) is 1. The molecular formula is C24H41FN6O. The lowest BCUT2D eigenvalue weighted by molar-refractivity contribution is 0.0169. The highest BCUT2D eigenvalue weighted by Gasteiger charge is 2.26. The number of hydrogen-bond acceptors (Lipinski definition) is 5. The fourth-order valence-corrected chi connectivity index (χ4v) is 4.59. The third-order valence-corrected chi connectivity index (χ3v) is 6.68. The average Bonchev–Trinajstić information content (AvgIpc) is 2.80. The molecule has 2 unspecified atom stereocenters. The number of benzene rings is 1. The number of nitrogens with one attached hydrogen (secondary N) is 2. The molecule has 0 spiro atoms. The lowest BCUT2D eigenvalue weighted by Crippen LogP contribution is -2.55. The van der Waals surface area contributed by atoms with Crippen molar-refractivity contribution < 1.29 is 9.13 Å². The summed E-state index contributed by atoms with van der Waals surface area (Å²) in [5.74, 6) is 1.16. The zero-order valence-electron chi connectivity index (χ0n) is 20.2. The highest BCUT2D eigenvalue weighted by molar-refractivity contribution is 5.79. The molecule has 1 aromatic carbocycles. The van der Waals surface area contributed by atoms with Crippen molar-refractivity contribution >= 4 is 5.96 Å². The van der Waals surface area contributed by atoms with Crippen LogP contribution in [0.15, 0.2) is 29.3 Å². The molecule has 2 saturated heterocycles. The molecule has 0 aromatic heterocycles. The summed E-state index contributed by atoms with van der Waals surface area (Å²) in [6.07, 6.45) is 0. The molecule has 2 aliphatic heterocycles. The van der Waals surface area contributed by atoms with Crippen molar-refractivity contribution in [1.82, 2.24) is 25.3 Å². The third kappa shape index (κ3) is 7.13. The fraction of sp³-hybridized carbons (Fsp3) is 0.708. The van der Waals surface area contributed by atoms with Gasteiger partial charge in [-0.3, -0.25) is 14.8 Å². The second-order valence-electron chi connectivity index (χ2n) is 9.20. The molecule has 0 amide bonds. The molecule has 3 rings (SSSR count). The van der Waals surface area contributed by atoms with Crippen LogP contribution in [-0.2, 0) is 4.74 Å². The molecule has 180 valence electrons. The molecule has 2 atom stereocenters. The Balaban J connectivity index is 1.59. The van der Waals surface area contributed by atoms with E-state index in [-0.39, 0.29) is 11.9 Å². The van der Waals surface area contributed by atoms with Crippen molar-refractivity contribution in [1.29, 1.82) is 0 Å². The van der Waals surface area contributed by atoms with E-state index in [2.05, 4.69) is 51.2 Å². The maximum atomic E-state index is 13.5. The van der Waals surface area contributed by atoms with Gasteiger partial charge in [0.2, 0.25) is 0 Å². The van der Waals surface area contributed by atoms with E-state index in [0.29, 0.717) is 18.5 Å². The Kier molecular flexibility index (Phi) is 9.71. The lowest BCUT2D eigenvalue weighted by atomic mass is 10.0. The molecule has 0 saturated carbocycles. The van der Waals surface area contributed by atoms with Crippen molar-refractivity contribution in [3.8, 4) is 0 Å². The van der Waals surface area contributed by atoms with Crippen LogP contribution >= 0.6 is 0 Å². The van der Waals surface area contributed by atoms with Crippen LogP contribution < -0.4 is 10.6 Å². The van der Waals surface area contributed by atoms with Gasteiger partial charge in [-0.2, -0.15) is 0 Å². The van der Waals surface area contributed by atoms with Gasteiger partial charge in [0.25, 0.3) is 0 Å². The van der Waals surface area contributed by atoms with Crippen molar-refractivity contribution in [3.63, 3.8) is 0 Å². The third-order valence-electron chi connectivity index (χ3n) is 6.68. The van der Waals surface area contributed by atoms with Crippen molar-refractivity contribution in [3.05, 3.63) is 35.6 Å². The van der Waals surface area contributed by atoms with E-state index in [4.69, 9.17) is 4.74 Å². The van der Waals surface area contributed by atoms with Crippen LogP contribution in [-0.4, -0.2) is 106 Å². The predicted octanol–water partition coefficient (Wildman–Crippen LogP) is 1.64. The van der Waals surface area contributed by atoms with Gasteiger partial charge in [-0.15, -0.1) is 0 Å². The van der Waals surface area contributed by atoms with Crippen LogP contribution in [0.3, 0.4) is 0 Å². The Labute approximate surface area is 193 Å². The second-order valence-corrected chi connectivity index (χ2v) is 9.20. The van der Waals surface area contributed by atoms with Gasteiger partial charge in [0.1, 0.15) is 5.82 Å². The topological polar surface area (TPSA) is 55.4 Å². The molecule has 0 aliphatic carbocycles. The first kappa shape index (κ1) is 24.9. The summed E-state index contributed by atoms with van der Waals surface area (Å²) in [5, 5.41) is 7.08. The van der Waals surface area contributed by atoms with Crippen LogP contribution in [0.25, 0.3) is 0 Å². The fourth-order valence-electron chi connectivity index (χ4n) is 4.59. The SMILES string of the molecule is CN=C(NCC(c1ccc(F)cc1)N1CCOCC1)NCC(C(C)C)N1CCN(C)CC1. The Morgan fingerprint density at radius 3 is 2.19 bits per heavy atom. The molecule has 0 radical (unpaired) electrons. The largest absolute Gasteiger partial charge is 0.379 e. The number of likely N-dealkylation sites (N-methyl/N-ethyl adjacent to an activating group) is 1. The molecule has 2 fully saturated rings. The van der Waals surface area contributed by atoms with Crippen LogP contribution in [0.5, 0.6) is 0 Å². The van der Waals surface area contributed by atoms with Crippen LogP contribution in [0, 0.1) is 11.7 Å². The Morgan fingerprint density at radius 1 is 0.969 bits per heavy atom. The first-order valence-corrected chi connectivity index (χ1v) is 11.9. The molecule has 7 nitrogen and oxygen atoms in total. The molecule has 2 aliphatic rings. The normalized spacial score (nSPS) is 21.5. The Hall–Kier alpha value is -1.74. The Bertz CT molecular complexity index is 699. The smallest absolute Gasteiger partial charge is 0.191 e. The standard InChI is InChI=1S/C24H41FN6O/c1-19(2)22(30-11-9-29(4)10-12-30)17-27-24(26-3)28-18-23(31-13-15-32-16-14-31)20-5-7-21(25)8-6-20/h5-8,19,22-23H,9-18H2,1-4H3,(H2,26,27,28). The molecule has 0 bridgehead atoms. The van der Waals surface area contributed by atoms with Crippen molar-refractivity contribution in [2.24, 2.45) is 10.9 Å². The zero-order chi connectivity index (χ0) is 22.9. The molecule has 1 aromatic rings. The van der Waals surface area contributed by atoms with Gasteiger partial charge in [0.05, 0.1) is 19.3 Å². The highest BCUT2D eigenvalue weighted by Crippen LogP contribution is 2.21. The van der Waals surface area contributed by atoms with Crippen LogP contribution in [0.2, 0.25) is 0 Å². The van der Waals surface area contributed by atoms with Crippen LogP contribution in [0.4, 0.5) is 4.39 Å². The molecule has 8 heteroatoms. The minimum Gasteiger partial charge on any atom is -0.379 e. The summed E-state index contributed by atoms with van der Waals surface area (Å²) in [7, 11) is 4.01. The van der Waals surface area contributed by atoms with Gasteiger partial charge in [-0.05, 0) is 30.7 Å². The van der Waals surface area contributed by atoms with Gasteiger partial charge < -0.3 is 20.3 Å². The van der Waals surface area contributed by atoms with Crippen molar-refractivity contribution in [2.75, 3.05) is 79.7 Å². The molecule has 2 heterocycles. The van der Waals surface area contributed by atoms with E-state index < -0.39 is 0 Å². The van der Waals surface area contributed by atoms with Gasteiger partial charge >= 0.3 is 0 Å². The molecule has 2 N–H and O–H groups in total. The van der Waals surface area contributed by atoms with E-state index >= 15 is 0 Å². The maximum Gasteiger partial charge on any atom is 0.191 e. The first-order chi connectivity index (χ1) is 15.5. The van der Waals surface area contributed by atoms with Gasteiger partial charge in [-0.1, -0.05) is 26.0 Å². The zero-order valence-corrected chi connectivity index (χ0v) is 20.2. The number of morpholine rings is 1. The van der Waals surface area contributed by atoms with Crippen LogP contribution in [0.1, 0.15) is 25.5 Å². The number of guanidine groups is 1. The minimum absolute atomic E-state index is 0.136. The van der Waals surface area contributed by atoms with Gasteiger partial charge in [0.15, 0.2) is 5.96 Å². The molecular weight excluding hydrogens is 407 g/mol. The molecule has 32 heavy (non-hydrogen) atoms. The van der Waals surface area contributed by atoms with E-state index in [1.807, 2.05) is 19.2 Å². The summed E-state index contributed by atoms with van der Waals surface area (Å²) >= 11 is 0. The second kappa shape index (κ2) is 12.5. The van der Waals surface area contributed by atoms with E-state index in [0.717, 1.165) is 70.6 Å². The summed E-state index contributed by atoms with van der Waals surface area (Å²) in [5.41, 5.74) is 1.11. The number of hydrogen-bond donors (Lipinski definition) is 2. The van der Waals surface area contributed by atoms with E-state index in [1.165, 1.54) is 0 Å². The quantitative estimate of drug-likeness (QED) is 0.466. The van der Waals surface area contributed by atoms with Crippen molar-refractivity contribution in [2.45, 2.75) is 25.9 Å². The van der Waals surface area contributed by atoms with E-state index in [9.17, 15) is 4.39 Å². The number of nitrogens with zero attached hydrogens (tertiary/aromatic N) is 4. The maximum absolute atomic E-state index is 13.5. The number of rotatable bonds is 8. The summed E-state index contributed by atoms with van der Waals surface area (Å²) in [6.45, 7) is 13.8. The highest BCUT2D eigenvalue weighted by atomic mass is 19.1. The summed E-state index contributed by atoms with van der Waals surface area (Å²) in [6, 6.07) is 7.45. The number of aliphatic imine (C=N–C) groups is 1. The lowest BCUT2D eigenvalue weighted by Gasteiger charge is -2.40. The summed E-state index contributed by atoms with van der Waals surface area (Å²) in [4.78, 5) is 11.9. The number of piperazine rings is 1. The van der Waals surface area contributed by atoms with E-state index in [1.54, 1.807) is 12.1 Å². The first-order valence-electron chi connectivity index (χ1n) is 11.9.